The minimum absolute atomic E-state index is 0.344. The molecule has 7 heteroatoms. The van der Waals surface area contributed by atoms with Gasteiger partial charge in [0.2, 0.25) is 0 Å². The molecule has 0 saturated heterocycles. The number of pyridine rings is 1. The molecule has 0 aliphatic carbocycles. The Morgan fingerprint density at radius 2 is 1.94 bits per heavy atom. The summed E-state index contributed by atoms with van der Waals surface area (Å²) in [5.41, 5.74) is 0.344. The van der Waals surface area contributed by atoms with Crippen molar-refractivity contribution in [3.8, 4) is 0 Å². The zero-order chi connectivity index (χ0) is 12.8. The van der Waals surface area contributed by atoms with Crippen molar-refractivity contribution >= 4 is 28.1 Å². The van der Waals surface area contributed by atoms with Crippen LogP contribution >= 0.6 is 0 Å². The fourth-order valence-electron chi connectivity index (χ4n) is 0.974. The van der Waals surface area contributed by atoms with Crippen LogP contribution in [0.2, 0.25) is 14.8 Å². The summed E-state index contributed by atoms with van der Waals surface area (Å²) in [7, 11) is 0. The van der Waals surface area contributed by atoms with E-state index in [9.17, 15) is 4.79 Å². The molecule has 1 rings (SSSR count). The topological polar surface area (TPSA) is 99.8 Å². The van der Waals surface area contributed by atoms with Gasteiger partial charge in [-0.15, -0.1) is 4.91 Å². The minimum atomic E-state index is -2.19. The summed E-state index contributed by atoms with van der Waals surface area (Å²) in [5, 5.41) is 16.7. The van der Waals surface area contributed by atoms with E-state index in [2.05, 4.69) is 19.8 Å². The van der Waals surface area contributed by atoms with E-state index in [4.69, 9.17) is 15.2 Å². The first kappa shape index (κ1) is 14.8. The molecule has 0 aromatic carbocycles. The zero-order valence-corrected chi connectivity index (χ0v) is 12.2. The maximum absolute atomic E-state index is 10.7. The molecule has 0 bridgehead atoms. The molecular formula is C9H14N2O4Sn. The van der Waals surface area contributed by atoms with Crippen LogP contribution in [0.25, 0.3) is 0 Å². The Balaban J connectivity index is 0.000000673. The summed E-state index contributed by atoms with van der Waals surface area (Å²) >= 11 is -2.19. The number of carboxylic acids is 1. The van der Waals surface area contributed by atoms with Crippen LogP contribution in [0, 0.1) is 4.91 Å². The average molecular weight is 333 g/mol. The van der Waals surface area contributed by atoms with Crippen LogP contribution < -0.4 is 3.71 Å². The van der Waals surface area contributed by atoms with E-state index in [-0.39, 0.29) is 0 Å². The van der Waals surface area contributed by atoms with Gasteiger partial charge in [0.05, 0.1) is 0 Å². The molecule has 1 heterocycles. The van der Waals surface area contributed by atoms with Crippen molar-refractivity contribution < 1.29 is 15.1 Å². The standard InChI is InChI=1S/C6H4NO2.3CH3.HNO2.Sn/c8-6(9)5-1-3-7-4-2-5;;;;2-1-3;/h1-3H,(H,8,9);3*1H3;(H,2,3);. The molecule has 1 aromatic rings. The van der Waals surface area contributed by atoms with Gasteiger partial charge in [0.25, 0.3) is 0 Å². The van der Waals surface area contributed by atoms with Gasteiger partial charge in [-0.1, -0.05) is 0 Å². The van der Waals surface area contributed by atoms with Gasteiger partial charge in [-0.3, -0.25) is 0 Å². The van der Waals surface area contributed by atoms with Crippen LogP contribution in [-0.4, -0.2) is 39.6 Å². The van der Waals surface area contributed by atoms with E-state index in [1.54, 1.807) is 12.3 Å². The van der Waals surface area contributed by atoms with Crippen molar-refractivity contribution in [1.29, 1.82) is 0 Å². The normalized spacial score (nSPS) is 9.94. The van der Waals surface area contributed by atoms with Crippen LogP contribution in [0.15, 0.2) is 23.7 Å². The van der Waals surface area contributed by atoms with Crippen molar-refractivity contribution in [3.63, 3.8) is 0 Å². The molecule has 0 radical (unpaired) electrons. The van der Waals surface area contributed by atoms with Crippen molar-refractivity contribution in [3.05, 3.63) is 28.8 Å². The number of aromatic nitrogens is 1. The number of hydrogen-bond donors (Lipinski definition) is 2. The second-order valence-corrected chi connectivity index (χ2v) is 18.4. The molecule has 0 unspecified atom stereocenters. The zero-order valence-electron chi connectivity index (χ0n) is 9.34. The molecule has 88 valence electrons. The van der Waals surface area contributed by atoms with Crippen LogP contribution in [0.5, 0.6) is 0 Å². The first-order valence-electron chi connectivity index (χ1n) is 4.49. The Kier molecular flexibility index (Phi) is 5.94. The maximum atomic E-state index is 10.7. The number of carboxylic acid groups (broad SMARTS) is 1. The fraction of sp³-hybridized carbons (Fsp3) is 0.333. The van der Waals surface area contributed by atoms with Crippen LogP contribution in [-0.2, 0) is 0 Å². The van der Waals surface area contributed by atoms with Gasteiger partial charge < -0.3 is 5.21 Å². The van der Waals surface area contributed by atoms with Gasteiger partial charge in [-0.2, -0.15) is 0 Å². The number of rotatable bonds is 2. The van der Waals surface area contributed by atoms with Gasteiger partial charge in [-0.25, -0.2) is 0 Å². The van der Waals surface area contributed by atoms with E-state index >= 15 is 0 Å². The molecule has 1 aromatic heterocycles. The molecule has 0 spiro atoms. The molecule has 6 nitrogen and oxygen atoms in total. The first-order chi connectivity index (χ1) is 7.32. The Bertz CT molecular complexity index is 376. The predicted molar refractivity (Wildman–Crippen MR) is 61.8 cm³/mol. The second-order valence-electron chi connectivity index (χ2n) is 4.07. The number of carbonyl (C=O) groups is 1. The summed E-state index contributed by atoms with van der Waals surface area (Å²) in [4.78, 5) is 29.6. The average Bonchev–Trinajstić information content (AvgIpc) is 2.18. The number of nitrogens with zero attached hydrogens (tertiary/aromatic N) is 2. The second kappa shape index (κ2) is 6.41. The van der Waals surface area contributed by atoms with Gasteiger partial charge in [0, 0.05) is 0 Å². The van der Waals surface area contributed by atoms with E-state index in [0.717, 1.165) is 3.71 Å². The van der Waals surface area contributed by atoms with Gasteiger partial charge in [-0.05, 0) is 0 Å². The van der Waals surface area contributed by atoms with Crippen LogP contribution in [0.3, 0.4) is 0 Å². The summed E-state index contributed by atoms with van der Waals surface area (Å²) in [6.07, 6.45) is 1.58. The SMILES string of the molecule is O=NO.[CH3][Sn]([CH3])([CH3])[c]1cc(C(=O)O)ccn1. The third kappa shape index (κ3) is 5.06. The number of aromatic carboxylic acids is 1. The summed E-state index contributed by atoms with van der Waals surface area (Å²) in [6.45, 7) is 0. The third-order valence-electron chi connectivity index (χ3n) is 1.78. The van der Waals surface area contributed by atoms with Crippen LogP contribution in [0.1, 0.15) is 10.4 Å². The van der Waals surface area contributed by atoms with E-state index in [1.807, 2.05) is 0 Å². The van der Waals surface area contributed by atoms with E-state index in [0.29, 0.717) is 5.56 Å². The van der Waals surface area contributed by atoms with Gasteiger partial charge >= 0.3 is 81.7 Å². The Morgan fingerprint density at radius 1 is 1.44 bits per heavy atom. The van der Waals surface area contributed by atoms with Crippen LogP contribution in [0.4, 0.5) is 0 Å². The quantitative estimate of drug-likeness (QED) is 0.485. The Morgan fingerprint density at radius 3 is 2.31 bits per heavy atom. The third-order valence-corrected chi connectivity index (χ3v) is 6.94. The molecule has 2 N–H and O–H groups in total. The molecule has 0 atom stereocenters. The Hall–Kier alpha value is -1.18. The molecule has 0 aliphatic heterocycles. The Labute approximate surface area is 97.1 Å². The predicted octanol–water partition coefficient (Wildman–Crippen LogP) is 1.47. The van der Waals surface area contributed by atoms with Crippen molar-refractivity contribution in [2.24, 2.45) is 5.34 Å². The molecule has 0 aliphatic rings. The summed E-state index contributed by atoms with van der Waals surface area (Å²) in [5.74, 6) is -0.876. The van der Waals surface area contributed by atoms with Crippen molar-refractivity contribution in [2.45, 2.75) is 14.8 Å². The van der Waals surface area contributed by atoms with E-state index < -0.39 is 24.3 Å². The molecule has 0 saturated carbocycles. The number of hydrogen-bond acceptors (Lipinski definition) is 4. The van der Waals surface area contributed by atoms with Gasteiger partial charge in [0.1, 0.15) is 0 Å². The molecule has 0 fully saturated rings. The first-order valence-corrected chi connectivity index (χ1v) is 14.5. The summed E-state index contributed by atoms with van der Waals surface area (Å²) in [6, 6.07) is 3.24. The van der Waals surface area contributed by atoms with Crippen molar-refractivity contribution in [2.75, 3.05) is 0 Å². The van der Waals surface area contributed by atoms with E-state index in [1.165, 1.54) is 11.4 Å². The van der Waals surface area contributed by atoms with Crippen molar-refractivity contribution in [1.82, 2.24) is 4.98 Å². The molecular weight excluding hydrogens is 319 g/mol. The monoisotopic (exact) mass is 334 g/mol. The molecule has 0 amide bonds. The summed E-state index contributed by atoms with van der Waals surface area (Å²) < 4.78 is 1.01. The molecule has 16 heavy (non-hydrogen) atoms. The fourth-order valence-corrected chi connectivity index (χ4v) is 3.97. The van der Waals surface area contributed by atoms with Gasteiger partial charge in [0.15, 0.2) is 5.34 Å².